The van der Waals surface area contributed by atoms with E-state index in [1.807, 2.05) is 18.2 Å². The van der Waals surface area contributed by atoms with Crippen LogP contribution in [-0.4, -0.2) is 59.1 Å². The predicted octanol–water partition coefficient (Wildman–Crippen LogP) is 3.38. The normalized spacial score (nSPS) is 17.8. The smallest absolute Gasteiger partial charge is 0.190 e. The van der Waals surface area contributed by atoms with Crippen molar-refractivity contribution >= 4 is 29.9 Å². The van der Waals surface area contributed by atoms with Crippen molar-refractivity contribution in [2.24, 2.45) is 10.9 Å². The molecule has 7 heteroatoms. The third-order valence-electron chi connectivity index (χ3n) is 4.61. The first-order valence-electron chi connectivity index (χ1n) is 10.1. The molecule has 6 nitrogen and oxygen atoms in total. The van der Waals surface area contributed by atoms with Crippen molar-refractivity contribution in [3.05, 3.63) is 35.9 Å². The summed E-state index contributed by atoms with van der Waals surface area (Å²) < 4.78 is 16.9. The lowest BCUT2D eigenvalue weighted by molar-refractivity contribution is 0.0646. The highest BCUT2D eigenvalue weighted by atomic mass is 127. The molecule has 0 saturated carbocycles. The quantitative estimate of drug-likeness (QED) is 0.198. The molecule has 0 amide bonds. The van der Waals surface area contributed by atoms with Gasteiger partial charge in [-0.15, -0.1) is 24.0 Å². The molecule has 2 atom stereocenters. The molecule has 160 valence electrons. The number of guanidine groups is 1. The van der Waals surface area contributed by atoms with Crippen LogP contribution in [-0.2, 0) is 14.2 Å². The fourth-order valence-electron chi connectivity index (χ4n) is 2.93. The van der Waals surface area contributed by atoms with Crippen LogP contribution in [0.3, 0.4) is 0 Å². The Hall–Kier alpha value is -0.900. The molecular weight excluding hydrogens is 469 g/mol. The van der Waals surface area contributed by atoms with Gasteiger partial charge in [-0.3, -0.25) is 4.99 Å². The van der Waals surface area contributed by atoms with Gasteiger partial charge in [0.05, 0.1) is 19.3 Å². The van der Waals surface area contributed by atoms with Crippen molar-refractivity contribution in [3.63, 3.8) is 0 Å². The largest absolute Gasteiger partial charge is 0.381 e. The molecule has 2 N–H and O–H groups in total. The Morgan fingerprint density at radius 3 is 2.54 bits per heavy atom. The molecule has 0 bridgehead atoms. The number of hydrogen-bond acceptors (Lipinski definition) is 4. The Morgan fingerprint density at radius 2 is 1.89 bits per heavy atom. The minimum Gasteiger partial charge on any atom is -0.381 e. The number of rotatable bonds is 12. The minimum absolute atomic E-state index is 0. The number of nitrogens with zero attached hydrogens (tertiary/aromatic N) is 1. The second-order valence-corrected chi connectivity index (χ2v) is 6.86. The van der Waals surface area contributed by atoms with Crippen LogP contribution >= 0.6 is 24.0 Å². The summed E-state index contributed by atoms with van der Waals surface area (Å²) in [6.45, 7) is 7.81. The summed E-state index contributed by atoms with van der Waals surface area (Å²) in [5.74, 6) is 1.41. The second-order valence-electron chi connectivity index (χ2n) is 6.86. The van der Waals surface area contributed by atoms with Crippen molar-refractivity contribution in [2.75, 3.05) is 53.2 Å². The van der Waals surface area contributed by atoms with E-state index in [4.69, 9.17) is 14.2 Å². The van der Waals surface area contributed by atoms with Crippen molar-refractivity contribution in [1.82, 2.24) is 10.6 Å². The van der Waals surface area contributed by atoms with Crippen LogP contribution in [0.2, 0.25) is 0 Å². The third-order valence-corrected chi connectivity index (χ3v) is 4.61. The summed E-state index contributed by atoms with van der Waals surface area (Å²) in [6, 6.07) is 10.3. The lowest BCUT2D eigenvalue weighted by Gasteiger charge is -2.15. The van der Waals surface area contributed by atoms with Gasteiger partial charge < -0.3 is 24.8 Å². The second kappa shape index (κ2) is 16.0. The van der Waals surface area contributed by atoms with Crippen LogP contribution in [0.25, 0.3) is 0 Å². The third kappa shape index (κ3) is 10.6. The lowest BCUT2D eigenvalue weighted by atomic mass is 10.1. The molecule has 0 aliphatic carbocycles. The number of nitrogens with one attached hydrogen (secondary N) is 2. The van der Waals surface area contributed by atoms with Crippen LogP contribution < -0.4 is 10.6 Å². The number of benzene rings is 1. The maximum Gasteiger partial charge on any atom is 0.190 e. The van der Waals surface area contributed by atoms with Gasteiger partial charge in [-0.1, -0.05) is 30.3 Å². The van der Waals surface area contributed by atoms with Crippen molar-refractivity contribution in [2.45, 2.75) is 32.3 Å². The van der Waals surface area contributed by atoms with E-state index in [1.165, 1.54) is 5.56 Å². The lowest BCUT2D eigenvalue weighted by Crippen LogP contribution is -2.38. The summed E-state index contributed by atoms with van der Waals surface area (Å²) in [7, 11) is 1.79. The Labute approximate surface area is 186 Å². The summed E-state index contributed by atoms with van der Waals surface area (Å²) in [6.07, 6.45) is 3.15. The van der Waals surface area contributed by atoms with Gasteiger partial charge >= 0.3 is 0 Å². The molecular formula is C21H36IN3O3. The van der Waals surface area contributed by atoms with E-state index in [1.54, 1.807) is 7.05 Å². The Balaban J connectivity index is 0.00000392. The van der Waals surface area contributed by atoms with Crippen molar-refractivity contribution in [1.29, 1.82) is 0 Å². The molecule has 0 aromatic heterocycles. The van der Waals surface area contributed by atoms with Crippen LogP contribution in [0.15, 0.2) is 35.3 Å². The first kappa shape index (κ1) is 25.1. The fraction of sp³-hybridized carbons (Fsp3) is 0.667. The maximum atomic E-state index is 5.89. The van der Waals surface area contributed by atoms with Crippen molar-refractivity contribution in [3.8, 4) is 0 Å². The summed E-state index contributed by atoms with van der Waals surface area (Å²) >= 11 is 0. The maximum absolute atomic E-state index is 5.89. The molecule has 1 aliphatic heterocycles. The van der Waals surface area contributed by atoms with Gasteiger partial charge in [-0.25, -0.2) is 0 Å². The zero-order valence-corrected chi connectivity index (χ0v) is 19.5. The average molecular weight is 505 g/mol. The Kier molecular flexibility index (Phi) is 14.3. The highest BCUT2D eigenvalue weighted by Crippen LogP contribution is 2.15. The van der Waals surface area contributed by atoms with Gasteiger partial charge in [0.25, 0.3) is 0 Å². The zero-order valence-electron chi connectivity index (χ0n) is 17.2. The number of halogens is 1. The summed E-state index contributed by atoms with van der Waals surface area (Å²) in [5, 5.41) is 6.64. The van der Waals surface area contributed by atoms with Gasteiger partial charge in [0, 0.05) is 45.9 Å². The molecule has 0 radical (unpaired) electrons. The minimum atomic E-state index is 0. The van der Waals surface area contributed by atoms with E-state index in [9.17, 15) is 0 Å². The van der Waals surface area contributed by atoms with E-state index >= 15 is 0 Å². The number of hydrogen-bond donors (Lipinski definition) is 2. The molecule has 1 aromatic rings. The van der Waals surface area contributed by atoms with E-state index < -0.39 is 0 Å². The Morgan fingerprint density at radius 1 is 1.18 bits per heavy atom. The van der Waals surface area contributed by atoms with Gasteiger partial charge in [0.1, 0.15) is 0 Å². The van der Waals surface area contributed by atoms with E-state index in [-0.39, 0.29) is 30.1 Å². The zero-order chi connectivity index (χ0) is 19.2. The topological polar surface area (TPSA) is 64.1 Å². The van der Waals surface area contributed by atoms with Crippen LogP contribution in [0.4, 0.5) is 0 Å². The summed E-state index contributed by atoms with van der Waals surface area (Å²) in [4.78, 5) is 4.25. The first-order valence-corrected chi connectivity index (χ1v) is 10.1. The van der Waals surface area contributed by atoms with Gasteiger partial charge in [0.2, 0.25) is 0 Å². The Bertz CT molecular complexity index is 525. The molecule has 1 saturated heterocycles. The van der Waals surface area contributed by atoms with Gasteiger partial charge in [-0.2, -0.15) is 0 Å². The number of aliphatic imine (C=N–C) groups is 1. The molecule has 1 aromatic carbocycles. The molecule has 1 fully saturated rings. The highest BCUT2D eigenvalue weighted by molar-refractivity contribution is 14.0. The summed E-state index contributed by atoms with van der Waals surface area (Å²) in [5.41, 5.74) is 1.21. The highest BCUT2D eigenvalue weighted by Gasteiger charge is 2.15. The standard InChI is InChI=1S/C21H35N3O3.HI/c1-18(20-8-4-3-5-9-20)27-14-7-12-24-21(22-2)23-11-6-13-25-16-19-10-15-26-17-19;/h3-5,8-9,18-19H,6-7,10-17H2,1-2H3,(H2,22,23,24);1H. The number of ether oxygens (including phenoxy) is 3. The SMILES string of the molecule is CN=C(NCCCOCC1CCOC1)NCCCOC(C)c1ccccc1.I. The van der Waals surface area contributed by atoms with Gasteiger partial charge in [-0.05, 0) is 31.7 Å². The molecule has 28 heavy (non-hydrogen) atoms. The van der Waals surface area contributed by atoms with E-state index in [0.29, 0.717) is 5.92 Å². The van der Waals surface area contributed by atoms with Crippen molar-refractivity contribution < 1.29 is 14.2 Å². The molecule has 0 spiro atoms. The van der Waals surface area contributed by atoms with Crippen LogP contribution in [0.1, 0.15) is 37.9 Å². The monoisotopic (exact) mass is 505 g/mol. The van der Waals surface area contributed by atoms with Crippen LogP contribution in [0, 0.1) is 5.92 Å². The van der Waals surface area contributed by atoms with Crippen LogP contribution in [0.5, 0.6) is 0 Å². The van der Waals surface area contributed by atoms with E-state index in [2.05, 4.69) is 34.7 Å². The molecule has 2 unspecified atom stereocenters. The fourth-order valence-corrected chi connectivity index (χ4v) is 2.93. The van der Waals surface area contributed by atoms with E-state index in [0.717, 1.165) is 71.3 Å². The molecule has 1 aliphatic rings. The molecule has 1 heterocycles. The molecule has 2 rings (SSSR count). The first-order chi connectivity index (χ1) is 13.3. The average Bonchev–Trinajstić information content (AvgIpc) is 3.22. The van der Waals surface area contributed by atoms with Gasteiger partial charge in [0.15, 0.2) is 5.96 Å². The predicted molar refractivity (Wildman–Crippen MR) is 125 cm³/mol.